The summed E-state index contributed by atoms with van der Waals surface area (Å²) in [6, 6.07) is 13.4. The van der Waals surface area contributed by atoms with Crippen molar-refractivity contribution in [1.29, 1.82) is 0 Å². The van der Waals surface area contributed by atoms with Crippen molar-refractivity contribution in [3.05, 3.63) is 59.7 Å². The van der Waals surface area contributed by atoms with Gasteiger partial charge in [-0.3, -0.25) is 19.3 Å². The molecule has 3 rings (SSSR count). The van der Waals surface area contributed by atoms with Crippen LogP contribution in [0.3, 0.4) is 0 Å². The van der Waals surface area contributed by atoms with E-state index >= 15 is 0 Å². The van der Waals surface area contributed by atoms with Crippen LogP contribution >= 0.6 is 0 Å². The first-order valence-corrected chi connectivity index (χ1v) is 9.65. The first-order chi connectivity index (χ1) is 14.7. The summed E-state index contributed by atoms with van der Waals surface area (Å²) in [6.07, 6.45) is 0. The van der Waals surface area contributed by atoms with Crippen LogP contribution in [0.1, 0.15) is 18.1 Å². The molecule has 0 spiro atoms. The second kappa shape index (κ2) is 8.86. The maximum atomic E-state index is 12.8. The van der Waals surface area contributed by atoms with Gasteiger partial charge >= 0.3 is 6.03 Å². The quantitative estimate of drug-likeness (QED) is 0.583. The Kier molecular flexibility index (Phi) is 6.24. The van der Waals surface area contributed by atoms with Crippen LogP contribution in [0.4, 0.5) is 10.5 Å². The summed E-state index contributed by atoms with van der Waals surface area (Å²) in [6.45, 7) is 2.64. The molecule has 1 aliphatic heterocycles. The van der Waals surface area contributed by atoms with Crippen molar-refractivity contribution < 1.29 is 23.9 Å². The number of anilines is 1. The molecule has 0 bridgehead atoms. The number of aryl methyl sites for hydroxylation is 1. The lowest BCUT2D eigenvalue weighted by molar-refractivity contribution is -0.135. The highest BCUT2D eigenvalue weighted by molar-refractivity contribution is 6.09. The van der Waals surface area contributed by atoms with Gasteiger partial charge in [0.25, 0.3) is 5.91 Å². The van der Waals surface area contributed by atoms with Crippen LogP contribution in [0.5, 0.6) is 5.75 Å². The summed E-state index contributed by atoms with van der Waals surface area (Å²) < 4.78 is 5.20. The van der Waals surface area contributed by atoms with Crippen LogP contribution in [-0.4, -0.2) is 48.9 Å². The van der Waals surface area contributed by atoms with E-state index in [1.54, 1.807) is 49.4 Å². The highest BCUT2D eigenvalue weighted by Gasteiger charge is 2.49. The minimum absolute atomic E-state index is 0.324. The molecule has 5 amide bonds. The summed E-state index contributed by atoms with van der Waals surface area (Å²) in [5.41, 5.74) is 0.773. The van der Waals surface area contributed by atoms with Gasteiger partial charge < -0.3 is 20.7 Å². The van der Waals surface area contributed by atoms with Gasteiger partial charge in [-0.15, -0.1) is 0 Å². The number of carbonyl (C=O) groups is 4. The summed E-state index contributed by atoms with van der Waals surface area (Å²) in [7, 11) is 1.49. The molecule has 31 heavy (non-hydrogen) atoms. The van der Waals surface area contributed by atoms with E-state index in [2.05, 4.69) is 16.0 Å². The molecule has 162 valence electrons. The van der Waals surface area contributed by atoms with Crippen LogP contribution in [-0.2, 0) is 19.9 Å². The lowest BCUT2D eigenvalue weighted by atomic mass is 9.92. The Morgan fingerprint density at radius 3 is 2.48 bits per heavy atom. The van der Waals surface area contributed by atoms with Crippen molar-refractivity contribution in [3.63, 3.8) is 0 Å². The minimum atomic E-state index is -1.25. The highest BCUT2D eigenvalue weighted by Crippen LogP contribution is 2.28. The van der Waals surface area contributed by atoms with Gasteiger partial charge in [0.1, 0.15) is 17.8 Å². The second-order valence-electron chi connectivity index (χ2n) is 7.34. The molecule has 9 heteroatoms. The van der Waals surface area contributed by atoms with Gasteiger partial charge in [0.2, 0.25) is 11.8 Å². The highest BCUT2D eigenvalue weighted by atomic mass is 16.5. The largest absolute Gasteiger partial charge is 0.495 e. The molecule has 1 saturated heterocycles. The number of carbonyl (C=O) groups excluding carboxylic acids is 4. The van der Waals surface area contributed by atoms with Crippen LogP contribution in [0.25, 0.3) is 0 Å². The second-order valence-corrected chi connectivity index (χ2v) is 7.34. The van der Waals surface area contributed by atoms with E-state index < -0.39 is 35.8 Å². The molecule has 0 aromatic heterocycles. The Morgan fingerprint density at radius 2 is 1.81 bits per heavy atom. The van der Waals surface area contributed by atoms with Gasteiger partial charge in [-0.25, -0.2) is 4.79 Å². The van der Waals surface area contributed by atoms with E-state index in [1.165, 1.54) is 7.11 Å². The number of rotatable bonds is 7. The molecule has 1 heterocycles. The number of imide groups is 1. The number of ether oxygens (including phenoxy) is 1. The molecule has 2 aromatic carbocycles. The standard InChI is InChI=1S/C22H24N4O5/c1-14-9-10-17(31-3)16(11-14)24-18(27)12-23-19(28)13-26-20(29)22(2,25-21(26)30)15-7-5-4-6-8-15/h4-11H,12-13H2,1-3H3,(H,23,28)(H,24,27)(H,25,30)/t22-/m1/s1. The normalized spacial score (nSPS) is 17.8. The minimum Gasteiger partial charge on any atom is -0.495 e. The van der Waals surface area contributed by atoms with Gasteiger partial charge in [0.05, 0.1) is 19.3 Å². The number of hydrogen-bond acceptors (Lipinski definition) is 5. The number of urea groups is 1. The van der Waals surface area contributed by atoms with Crippen LogP contribution in [0.15, 0.2) is 48.5 Å². The zero-order valence-corrected chi connectivity index (χ0v) is 17.5. The van der Waals surface area contributed by atoms with Crippen molar-refractivity contribution in [3.8, 4) is 5.75 Å². The molecule has 0 saturated carbocycles. The van der Waals surface area contributed by atoms with E-state index in [-0.39, 0.29) is 6.54 Å². The summed E-state index contributed by atoms with van der Waals surface area (Å²) in [5, 5.41) is 7.72. The summed E-state index contributed by atoms with van der Waals surface area (Å²) in [5.74, 6) is -1.15. The van der Waals surface area contributed by atoms with Gasteiger partial charge in [-0.05, 0) is 37.1 Å². The van der Waals surface area contributed by atoms with Crippen LogP contribution in [0, 0.1) is 6.92 Å². The van der Waals surface area contributed by atoms with Crippen LogP contribution in [0.2, 0.25) is 0 Å². The Morgan fingerprint density at radius 1 is 1.10 bits per heavy atom. The lowest BCUT2D eigenvalue weighted by Gasteiger charge is -2.22. The van der Waals surface area contributed by atoms with Gasteiger partial charge in [0.15, 0.2) is 0 Å². The fourth-order valence-electron chi connectivity index (χ4n) is 3.30. The molecule has 2 aromatic rings. The number of hydrogen-bond donors (Lipinski definition) is 3. The van der Waals surface area contributed by atoms with Crippen molar-refractivity contribution in [2.75, 3.05) is 25.5 Å². The zero-order chi connectivity index (χ0) is 22.6. The molecule has 0 radical (unpaired) electrons. The molecule has 0 aliphatic carbocycles. The average molecular weight is 424 g/mol. The van der Waals surface area contributed by atoms with E-state index in [9.17, 15) is 19.2 Å². The lowest BCUT2D eigenvalue weighted by Crippen LogP contribution is -2.44. The topological polar surface area (TPSA) is 117 Å². The van der Waals surface area contributed by atoms with Gasteiger partial charge in [0, 0.05) is 0 Å². The van der Waals surface area contributed by atoms with Crippen molar-refractivity contribution >= 4 is 29.4 Å². The predicted molar refractivity (Wildman–Crippen MR) is 113 cm³/mol. The Hall–Kier alpha value is -3.88. The maximum absolute atomic E-state index is 12.8. The predicted octanol–water partition coefficient (Wildman–Crippen LogP) is 1.53. The third-order valence-corrected chi connectivity index (χ3v) is 5.00. The first-order valence-electron chi connectivity index (χ1n) is 9.65. The molecule has 3 N–H and O–H groups in total. The van der Waals surface area contributed by atoms with E-state index in [0.29, 0.717) is 17.0 Å². The average Bonchev–Trinajstić information content (AvgIpc) is 2.97. The third-order valence-electron chi connectivity index (χ3n) is 5.00. The number of benzene rings is 2. The molecule has 0 unspecified atom stereocenters. The van der Waals surface area contributed by atoms with E-state index in [0.717, 1.165) is 10.5 Å². The first kappa shape index (κ1) is 21.8. The fraction of sp³-hybridized carbons (Fsp3) is 0.273. The van der Waals surface area contributed by atoms with Crippen LogP contribution < -0.4 is 20.7 Å². The van der Waals surface area contributed by atoms with Crippen molar-refractivity contribution in [2.45, 2.75) is 19.4 Å². The smallest absolute Gasteiger partial charge is 0.325 e. The SMILES string of the molecule is COc1ccc(C)cc1NC(=O)CNC(=O)CN1C(=O)N[C@](C)(c2ccccc2)C1=O. The molecule has 1 aliphatic rings. The molecular formula is C22H24N4O5. The molecule has 9 nitrogen and oxygen atoms in total. The monoisotopic (exact) mass is 424 g/mol. The number of methoxy groups -OCH3 is 1. The Bertz CT molecular complexity index is 1020. The summed E-state index contributed by atoms with van der Waals surface area (Å²) >= 11 is 0. The fourth-order valence-corrected chi connectivity index (χ4v) is 3.30. The number of amides is 5. The maximum Gasteiger partial charge on any atom is 0.325 e. The van der Waals surface area contributed by atoms with E-state index in [4.69, 9.17) is 4.74 Å². The van der Waals surface area contributed by atoms with Gasteiger partial charge in [-0.2, -0.15) is 0 Å². The Balaban J connectivity index is 1.57. The molecule has 1 atom stereocenters. The van der Waals surface area contributed by atoms with E-state index in [1.807, 2.05) is 13.0 Å². The molecule has 1 fully saturated rings. The van der Waals surface area contributed by atoms with Crippen molar-refractivity contribution in [1.82, 2.24) is 15.5 Å². The molecular weight excluding hydrogens is 400 g/mol. The van der Waals surface area contributed by atoms with Gasteiger partial charge in [-0.1, -0.05) is 36.4 Å². The number of nitrogens with one attached hydrogen (secondary N) is 3. The Labute approximate surface area is 179 Å². The third kappa shape index (κ3) is 4.66. The van der Waals surface area contributed by atoms with Crippen molar-refractivity contribution in [2.24, 2.45) is 0 Å². The number of nitrogens with zero attached hydrogens (tertiary/aromatic N) is 1. The summed E-state index contributed by atoms with van der Waals surface area (Å²) in [4.78, 5) is 50.5. The zero-order valence-electron chi connectivity index (χ0n) is 17.5.